The number of amides is 1. The molecule has 1 N–H and O–H groups in total. The zero-order valence-corrected chi connectivity index (χ0v) is 8.13. The van der Waals surface area contributed by atoms with Gasteiger partial charge in [0, 0.05) is 12.6 Å². The Morgan fingerprint density at radius 1 is 1.62 bits per heavy atom. The van der Waals surface area contributed by atoms with Crippen molar-refractivity contribution in [3.05, 3.63) is 12.3 Å². The van der Waals surface area contributed by atoms with E-state index in [9.17, 15) is 4.79 Å². The lowest BCUT2D eigenvalue weighted by Gasteiger charge is -2.23. The zero-order valence-electron chi connectivity index (χ0n) is 8.13. The smallest absolute Gasteiger partial charge is 0.419 e. The van der Waals surface area contributed by atoms with Crippen LogP contribution in [0.4, 0.5) is 4.79 Å². The van der Waals surface area contributed by atoms with Crippen molar-refractivity contribution in [3.63, 3.8) is 0 Å². The monoisotopic (exact) mass is 182 g/mol. The van der Waals surface area contributed by atoms with Gasteiger partial charge in [0.15, 0.2) is 0 Å². The molecule has 4 nitrogen and oxygen atoms in total. The number of hydrogen-bond acceptors (Lipinski definition) is 3. The van der Waals surface area contributed by atoms with Gasteiger partial charge in [-0.05, 0) is 20.8 Å². The molecule has 0 saturated carbocycles. The molecule has 0 aromatic carbocycles. The summed E-state index contributed by atoms with van der Waals surface area (Å²) in [7, 11) is 0. The lowest BCUT2D eigenvalue weighted by molar-refractivity contribution is 0.0428. The maximum Gasteiger partial charge on any atom is 0.419 e. The van der Waals surface area contributed by atoms with Gasteiger partial charge in [0.25, 0.3) is 0 Å². The predicted octanol–water partition coefficient (Wildman–Crippen LogP) is 2.12. The Bertz CT molecular complexity index is 263. The third-order valence-corrected chi connectivity index (χ3v) is 1.45. The largest absolute Gasteiger partial charge is 0.443 e. The van der Waals surface area contributed by atoms with Crippen LogP contribution in [0.2, 0.25) is 0 Å². The molecule has 0 radical (unpaired) electrons. The molecule has 0 fully saturated rings. The molecule has 0 atom stereocenters. The number of carbonyl (C=O) groups excluding carboxylic acids is 1. The molecular formula is C9H14N2O2. The first-order chi connectivity index (χ1) is 5.90. The third kappa shape index (κ3) is 2.57. The SMILES string of the molecule is CC(C)(C)OC(=O)N1C=CCC1=N. The van der Waals surface area contributed by atoms with Crippen LogP contribution >= 0.6 is 0 Å². The molecule has 0 unspecified atom stereocenters. The van der Waals surface area contributed by atoms with Crippen molar-refractivity contribution in [2.75, 3.05) is 0 Å². The summed E-state index contributed by atoms with van der Waals surface area (Å²) in [5, 5.41) is 7.41. The normalized spacial score (nSPS) is 16.5. The molecule has 1 aliphatic rings. The molecule has 0 bridgehead atoms. The van der Waals surface area contributed by atoms with Gasteiger partial charge in [-0.3, -0.25) is 5.41 Å². The summed E-state index contributed by atoms with van der Waals surface area (Å²) in [4.78, 5) is 12.6. The number of nitrogens with one attached hydrogen (secondary N) is 1. The Morgan fingerprint density at radius 3 is 2.62 bits per heavy atom. The Hall–Kier alpha value is -1.32. The lowest BCUT2D eigenvalue weighted by atomic mass is 10.2. The van der Waals surface area contributed by atoms with E-state index in [1.165, 1.54) is 4.90 Å². The van der Waals surface area contributed by atoms with E-state index in [1.54, 1.807) is 33.0 Å². The second-order valence-electron chi connectivity index (χ2n) is 3.89. The highest BCUT2D eigenvalue weighted by atomic mass is 16.6. The molecule has 0 aliphatic carbocycles. The van der Waals surface area contributed by atoms with Gasteiger partial charge in [-0.2, -0.15) is 0 Å². The highest BCUT2D eigenvalue weighted by molar-refractivity contribution is 5.97. The Kier molecular flexibility index (Phi) is 2.40. The van der Waals surface area contributed by atoms with E-state index < -0.39 is 11.7 Å². The molecule has 1 heterocycles. The van der Waals surface area contributed by atoms with E-state index in [1.807, 2.05) is 0 Å². The fourth-order valence-electron chi connectivity index (χ4n) is 0.940. The Balaban J connectivity index is 2.58. The first-order valence-electron chi connectivity index (χ1n) is 4.16. The van der Waals surface area contributed by atoms with Crippen molar-refractivity contribution >= 4 is 11.9 Å². The molecule has 4 heteroatoms. The molecule has 13 heavy (non-hydrogen) atoms. The molecule has 1 rings (SSSR count). The highest BCUT2D eigenvalue weighted by Crippen LogP contribution is 2.14. The average Bonchev–Trinajstić information content (AvgIpc) is 2.30. The molecule has 0 aromatic rings. The Labute approximate surface area is 77.7 Å². The molecule has 0 saturated heterocycles. The van der Waals surface area contributed by atoms with Crippen LogP contribution in [0.1, 0.15) is 27.2 Å². The number of rotatable bonds is 0. The van der Waals surface area contributed by atoms with E-state index in [2.05, 4.69) is 0 Å². The van der Waals surface area contributed by atoms with Crippen LogP contribution in [-0.4, -0.2) is 22.4 Å². The topological polar surface area (TPSA) is 53.4 Å². The number of hydrogen-bond donors (Lipinski definition) is 1. The van der Waals surface area contributed by atoms with Crippen LogP contribution in [0.25, 0.3) is 0 Å². The maximum absolute atomic E-state index is 11.4. The van der Waals surface area contributed by atoms with Gasteiger partial charge in [-0.1, -0.05) is 6.08 Å². The van der Waals surface area contributed by atoms with Crippen LogP contribution in [0.15, 0.2) is 12.3 Å². The molecule has 0 aromatic heterocycles. The molecule has 72 valence electrons. The van der Waals surface area contributed by atoms with Crippen molar-refractivity contribution < 1.29 is 9.53 Å². The third-order valence-electron chi connectivity index (χ3n) is 1.45. The summed E-state index contributed by atoms with van der Waals surface area (Å²) >= 11 is 0. The quantitative estimate of drug-likeness (QED) is 0.623. The van der Waals surface area contributed by atoms with Gasteiger partial charge in [0.2, 0.25) is 0 Å². The molecule has 1 aliphatic heterocycles. The van der Waals surface area contributed by atoms with Crippen molar-refractivity contribution in [2.45, 2.75) is 32.8 Å². The van der Waals surface area contributed by atoms with Crippen LogP contribution in [0, 0.1) is 5.41 Å². The van der Waals surface area contributed by atoms with E-state index in [-0.39, 0.29) is 5.84 Å². The first kappa shape index (κ1) is 9.77. The van der Waals surface area contributed by atoms with Crippen LogP contribution < -0.4 is 0 Å². The minimum atomic E-state index is -0.506. The van der Waals surface area contributed by atoms with Crippen LogP contribution in [-0.2, 0) is 4.74 Å². The van der Waals surface area contributed by atoms with Crippen molar-refractivity contribution in [2.24, 2.45) is 0 Å². The summed E-state index contributed by atoms with van der Waals surface area (Å²) in [5.74, 6) is 0.259. The van der Waals surface area contributed by atoms with Crippen LogP contribution in [0.5, 0.6) is 0 Å². The van der Waals surface area contributed by atoms with Gasteiger partial charge >= 0.3 is 6.09 Å². The minimum Gasteiger partial charge on any atom is -0.443 e. The van der Waals surface area contributed by atoms with E-state index in [0.29, 0.717) is 6.42 Å². The predicted molar refractivity (Wildman–Crippen MR) is 49.6 cm³/mol. The number of amidine groups is 1. The van der Waals surface area contributed by atoms with Gasteiger partial charge in [0.05, 0.1) is 0 Å². The fraction of sp³-hybridized carbons (Fsp3) is 0.556. The second-order valence-corrected chi connectivity index (χ2v) is 3.89. The van der Waals surface area contributed by atoms with Crippen molar-refractivity contribution in [1.82, 2.24) is 4.90 Å². The van der Waals surface area contributed by atoms with E-state index in [4.69, 9.17) is 10.1 Å². The average molecular weight is 182 g/mol. The van der Waals surface area contributed by atoms with Crippen LogP contribution in [0.3, 0.4) is 0 Å². The summed E-state index contributed by atoms with van der Waals surface area (Å²) in [6, 6.07) is 0. The zero-order chi connectivity index (χ0) is 10.1. The summed E-state index contributed by atoms with van der Waals surface area (Å²) < 4.78 is 5.09. The van der Waals surface area contributed by atoms with E-state index in [0.717, 1.165) is 0 Å². The van der Waals surface area contributed by atoms with Gasteiger partial charge in [0.1, 0.15) is 11.4 Å². The lowest BCUT2D eigenvalue weighted by Crippen LogP contribution is -2.34. The molecule has 0 spiro atoms. The van der Waals surface area contributed by atoms with Gasteiger partial charge < -0.3 is 4.74 Å². The highest BCUT2D eigenvalue weighted by Gasteiger charge is 2.25. The summed E-state index contributed by atoms with van der Waals surface area (Å²) in [6.45, 7) is 5.40. The van der Waals surface area contributed by atoms with Crippen molar-refractivity contribution in [3.8, 4) is 0 Å². The number of nitrogens with zero attached hydrogens (tertiary/aromatic N) is 1. The number of ether oxygens (including phenoxy) is 1. The van der Waals surface area contributed by atoms with Crippen molar-refractivity contribution in [1.29, 1.82) is 5.41 Å². The molecular weight excluding hydrogens is 168 g/mol. The standard InChI is InChI=1S/C9H14N2O2/c1-9(2,3)13-8(12)11-6-4-5-7(11)10/h4,6,10H,5H2,1-3H3. The number of carbonyl (C=O) groups is 1. The van der Waals surface area contributed by atoms with Gasteiger partial charge in [-0.25, -0.2) is 9.69 Å². The fourth-order valence-corrected chi connectivity index (χ4v) is 0.940. The summed E-state index contributed by atoms with van der Waals surface area (Å²) in [6.07, 6.45) is 3.34. The first-order valence-corrected chi connectivity index (χ1v) is 4.16. The van der Waals surface area contributed by atoms with Gasteiger partial charge in [-0.15, -0.1) is 0 Å². The minimum absolute atomic E-state index is 0.259. The second kappa shape index (κ2) is 3.20. The summed E-state index contributed by atoms with van der Waals surface area (Å²) in [5.41, 5.74) is -0.506. The molecule has 1 amide bonds. The Morgan fingerprint density at radius 2 is 2.23 bits per heavy atom. The maximum atomic E-state index is 11.4. The van der Waals surface area contributed by atoms with E-state index >= 15 is 0 Å².